The molecule has 7 nitrogen and oxygen atoms in total. The van der Waals surface area contributed by atoms with Gasteiger partial charge in [0.1, 0.15) is 0 Å². The van der Waals surface area contributed by atoms with Gasteiger partial charge in [0, 0.05) is 13.1 Å². The maximum absolute atomic E-state index is 9.89. The van der Waals surface area contributed by atoms with Crippen molar-refractivity contribution in [3.8, 4) is 6.01 Å². The summed E-state index contributed by atoms with van der Waals surface area (Å²) in [5.74, 6) is 0.516. The van der Waals surface area contributed by atoms with Crippen molar-refractivity contribution in [2.75, 3.05) is 23.7 Å². The van der Waals surface area contributed by atoms with Gasteiger partial charge in [0.05, 0.1) is 11.7 Å². The van der Waals surface area contributed by atoms with Crippen LogP contribution in [-0.4, -0.2) is 44.9 Å². The summed E-state index contributed by atoms with van der Waals surface area (Å²) in [7, 11) is 0. The van der Waals surface area contributed by atoms with Gasteiger partial charge in [-0.15, -0.1) is 0 Å². The molecule has 0 aliphatic rings. The van der Waals surface area contributed by atoms with Gasteiger partial charge in [0.2, 0.25) is 11.9 Å². The number of anilines is 2. The molecule has 3 N–H and O–H groups in total. The van der Waals surface area contributed by atoms with Crippen molar-refractivity contribution in [1.29, 1.82) is 0 Å². The lowest BCUT2D eigenvalue weighted by molar-refractivity contribution is 0.0871. The first kappa shape index (κ1) is 15.4. The number of hydrogen-bond acceptors (Lipinski definition) is 7. The summed E-state index contributed by atoms with van der Waals surface area (Å²) >= 11 is 0. The number of aliphatic hydroxyl groups is 1. The predicted octanol–water partition coefficient (Wildman–Crippen LogP) is 0.838. The summed E-state index contributed by atoms with van der Waals surface area (Å²) in [4.78, 5) is 14.1. The number of likely N-dealkylation sites (N-methyl/N-ethyl adjacent to an activating group) is 1. The Bertz CT molecular complexity index is 417. The van der Waals surface area contributed by atoms with Gasteiger partial charge in [-0.3, -0.25) is 0 Å². The van der Waals surface area contributed by atoms with Crippen LogP contribution < -0.4 is 15.4 Å². The molecule has 0 aliphatic carbocycles. The van der Waals surface area contributed by atoms with Crippen molar-refractivity contribution in [2.45, 2.75) is 46.3 Å². The van der Waals surface area contributed by atoms with Crippen molar-refractivity contribution in [3.63, 3.8) is 0 Å². The quantitative estimate of drug-likeness (QED) is 0.789. The molecule has 108 valence electrons. The largest absolute Gasteiger partial charge is 0.461 e. The van der Waals surface area contributed by atoms with E-state index < -0.39 is 5.60 Å². The van der Waals surface area contributed by atoms with Crippen molar-refractivity contribution in [2.24, 2.45) is 0 Å². The van der Waals surface area contributed by atoms with Crippen LogP contribution in [0.25, 0.3) is 0 Å². The van der Waals surface area contributed by atoms with Gasteiger partial charge in [-0.1, -0.05) is 0 Å². The smallest absolute Gasteiger partial charge is 0.323 e. The first-order valence-corrected chi connectivity index (χ1v) is 6.37. The molecule has 0 saturated heterocycles. The van der Waals surface area contributed by atoms with Crippen LogP contribution in [-0.2, 0) is 0 Å². The molecule has 0 atom stereocenters. The number of hydrogen-bond donors (Lipinski definition) is 2. The highest BCUT2D eigenvalue weighted by Crippen LogP contribution is 2.16. The van der Waals surface area contributed by atoms with E-state index in [0.717, 1.165) is 0 Å². The fourth-order valence-electron chi connectivity index (χ4n) is 1.56. The van der Waals surface area contributed by atoms with E-state index >= 15 is 0 Å². The van der Waals surface area contributed by atoms with E-state index in [1.54, 1.807) is 13.8 Å². The SMILES string of the molecule is CCN(CC(C)(C)O)c1nc(N)nc(OC(C)C)n1. The van der Waals surface area contributed by atoms with E-state index in [1.165, 1.54) is 0 Å². The summed E-state index contributed by atoms with van der Waals surface area (Å²) in [5.41, 5.74) is 4.81. The maximum atomic E-state index is 9.89. The number of rotatable bonds is 6. The van der Waals surface area contributed by atoms with E-state index in [0.29, 0.717) is 19.0 Å². The zero-order chi connectivity index (χ0) is 14.6. The monoisotopic (exact) mass is 269 g/mol. The van der Waals surface area contributed by atoms with Gasteiger partial charge >= 0.3 is 6.01 Å². The van der Waals surface area contributed by atoms with Gasteiger partial charge in [0.15, 0.2) is 0 Å². The lowest BCUT2D eigenvalue weighted by Crippen LogP contribution is -2.39. The zero-order valence-corrected chi connectivity index (χ0v) is 12.2. The first-order chi connectivity index (χ1) is 8.71. The van der Waals surface area contributed by atoms with E-state index in [2.05, 4.69) is 15.0 Å². The number of nitrogens with zero attached hydrogens (tertiary/aromatic N) is 4. The Kier molecular flexibility index (Phi) is 4.88. The molecule has 0 amide bonds. The fourth-order valence-corrected chi connectivity index (χ4v) is 1.56. The molecule has 19 heavy (non-hydrogen) atoms. The van der Waals surface area contributed by atoms with Crippen LogP contribution in [0.1, 0.15) is 34.6 Å². The molecule has 0 saturated carbocycles. The molecule has 0 bridgehead atoms. The minimum Gasteiger partial charge on any atom is -0.461 e. The zero-order valence-electron chi connectivity index (χ0n) is 12.2. The van der Waals surface area contributed by atoms with Gasteiger partial charge in [-0.25, -0.2) is 0 Å². The molecule has 0 fully saturated rings. The van der Waals surface area contributed by atoms with Crippen molar-refractivity contribution in [3.05, 3.63) is 0 Å². The van der Waals surface area contributed by atoms with Crippen LogP contribution in [0.15, 0.2) is 0 Å². The molecule has 1 rings (SSSR count). The third-order valence-electron chi connectivity index (χ3n) is 2.20. The second-order valence-electron chi connectivity index (χ2n) is 5.27. The van der Waals surface area contributed by atoms with Gasteiger partial charge < -0.3 is 20.5 Å². The highest BCUT2D eigenvalue weighted by Gasteiger charge is 2.20. The van der Waals surface area contributed by atoms with Crippen LogP contribution in [0, 0.1) is 0 Å². The number of nitrogen functional groups attached to an aromatic ring is 1. The summed E-state index contributed by atoms with van der Waals surface area (Å²) in [6.45, 7) is 10.2. The molecule has 0 spiro atoms. The molecule has 1 aromatic rings. The minimum atomic E-state index is -0.851. The lowest BCUT2D eigenvalue weighted by Gasteiger charge is -2.28. The average molecular weight is 269 g/mol. The third-order valence-corrected chi connectivity index (χ3v) is 2.20. The van der Waals surface area contributed by atoms with Gasteiger partial charge in [-0.2, -0.15) is 15.0 Å². The summed E-state index contributed by atoms with van der Waals surface area (Å²) in [6.07, 6.45) is -0.0426. The van der Waals surface area contributed by atoms with Crippen LogP contribution in [0.2, 0.25) is 0 Å². The Morgan fingerprint density at radius 1 is 1.32 bits per heavy atom. The van der Waals surface area contributed by atoms with E-state index in [-0.39, 0.29) is 18.1 Å². The summed E-state index contributed by atoms with van der Waals surface area (Å²) in [5, 5.41) is 9.89. The molecule has 1 aromatic heterocycles. The number of aromatic nitrogens is 3. The number of nitrogens with two attached hydrogens (primary N) is 1. The second-order valence-corrected chi connectivity index (χ2v) is 5.27. The van der Waals surface area contributed by atoms with Crippen LogP contribution in [0.5, 0.6) is 6.01 Å². The second kappa shape index (κ2) is 6.01. The molecule has 1 heterocycles. The Labute approximate surface area is 113 Å². The Balaban J connectivity index is 3.00. The summed E-state index contributed by atoms with van der Waals surface area (Å²) in [6, 6.07) is 0.201. The molecular formula is C12H23N5O2. The molecule has 0 unspecified atom stereocenters. The van der Waals surface area contributed by atoms with E-state index in [9.17, 15) is 5.11 Å². The Morgan fingerprint density at radius 3 is 2.42 bits per heavy atom. The Hall–Kier alpha value is -1.63. The molecule has 0 radical (unpaired) electrons. The van der Waals surface area contributed by atoms with Crippen LogP contribution in [0.4, 0.5) is 11.9 Å². The Morgan fingerprint density at radius 2 is 1.95 bits per heavy atom. The molecular weight excluding hydrogens is 246 g/mol. The first-order valence-electron chi connectivity index (χ1n) is 6.37. The highest BCUT2D eigenvalue weighted by atomic mass is 16.5. The molecule has 7 heteroatoms. The highest BCUT2D eigenvalue weighted by molar-refractivity contribution is 5.36. The molecule has 0 aliphatic heterocycles. The van der Waals surface area contributed by atoms with E-state index in [1.807, 2.05) is 25.7 Å². The van der Waals surface area contributed by atoms with Crippen LogP contribution in [0.3, 0.4) is 0 Å². The lowest BCUT2D eigenvalue weighted by atomic mass is 10.1. The van der Waals surface area contributed by atoms with Crippen LogP contribution >= 0.6 is 0 Å². The predicted molar refractivity (Wildman–Crippen MR) is 74.2 cm³/mol. The maximum Gasteiger partial charge on any atom is 0.323 e. The van der Waals surface area contributed by atoms with Gasteiger partial charge in [-0.05, 0) is 34.6 Å². The van der Waals surface area contributed by atoms with Gasteiger partial charge in [0.25, 0.3) is 0 Å². The number of ether oxygens (including phenoxy) is 1. The topological polar surface area (TPSA) is 97.4 Å². The fraction of sp³-hybridized carbons (Fsp3) is 0.750. The van der Waals surface area contributed by atoms with Crippen molar-refractivity contribution < 1.29 is 9.84 Å². The molecule has 0 aromatic carbocycles. The summed E-state index contributed by atoms with van der Waals surface area (Å²) < 4.78 is 5.43. The standard InChI is InChI=1S/C12H23N5O2/c1-6-17(7-12(4,5)18)10-14-9(13)15-11(16-10)19-8(2)3/h8,18H,6-7H2,1-5H3,(H2,13,14,15,16). The normalized spacial score (nSPS) is 11.7. The van der Waals surface area contributed by atoms with E-state index in [4.69, 9.17) is 10.5 Å². The average Bonchev–Trinajstić information content (AvgIpc) is 2.22. The van der Waals surface area contributed by atoms with Crippen molar-refractivity contribution in [1.82, 2.24) is 15.0 Å². The third kappa shape index (κ3) is 5.25. The van der Waals surface area contributed by atoms with Crippen molar-refractivity contribution >= 4 is 11.9 Å². The minimum absolute atomic E-state index is 0.0426.